The average molecular weight is 330 g/mol. The largest absolute Gasteiger partial charge is 0.334 e. The van der Waals surface area contributed by atoms with E-state index in [9.17, 15) is 14.0 Å². The number of piperazine rings is 1. The van der Waals surface area contributed by atoms with Crippen molar-refractivity contribution in [1.29, 1.82) is 0 Å². The first-order valence-corrected chi connectivity index (χ1v) is 7.85. The molecule has 6 nitrogen and oxygen atoms in total. The number of rotatable bonds is 2. The zero-order valence-electron chi connectivity index (χ0n) is 13.6. The highest BCUT2D eigenvalue weighted by atomic mass is 19.1. The summed E-state index contributed by atoms with van der Waals surface area (Å²) >= 11 is 0. The van der Waals surface area contributed by atoms with Crippen LogP contribution in [0.2, 0.25) is 0 Å². The molecule has 0 aliphatic carbocycles. The Morgan fingerprint density at radius 2 is 1.75 bits per heavy atom. The van der Waals surface area contributed by atoms with Gasteiger partial charge in [-0.3, -0.25) is 9.59 Å². The van der Waals surface area contributed by atoms with Gasteiger partial charge in [0.05, 0.1) is 5.69 Å². The molecule has 0 bridgehead atoms. The van der Waals surface area contributed by atoms with E-state index in [-0.39, 0.29) is 29.2 Å². The standard InChI is InChI=1S/C17H19FN4O2/c1-11-9-21(10-12(2)19-11)17(24)15-7-8-16(23)22(20-15)14-5-3-13(18)4-6-14/h3-8,11-12,19H,9-10H2,1-2H3/t11-,12-/m0/s1. The van der Waals surface area contributed by atoms with Crippen LogP contribution in [0.5, 0.6) is 0 Å². The van der Waals surface area contributed by atoms with Crippen LogP contribution in [0.15, 0.2) is 41.2 Å². The Balaban J connectivity index is 1.92. The van der Waals surface area contributed by atoms with Gasteiger partial charge >= 0.3 is 0 Å². The average Bonchev–Trinajstić information content (AvgIpc) is 2.55. The first kappa shape index (κ1) is 16.3. The fourth-order valence-electron chi connectivity index (χ4n) is 2.95. The van der Waals surface area contributed by atoms with Gasteiger partial charge < -0.3 is 10.2 Å². The van der Waals surface area contributed by atoms with Crippen LogP contribution in [0.1, 0.15) is 24.3 Å². The van der Waals surface area contributed by atoms with Gasteiger partial charge in [-0.15, -0.1) is 0 Å². The van der Waals surface area contributed by atoms with E-state index in [0.717, 1.165) is 4.68 Å². The summed E-state index contributed by atoms with van der Waals surface area (Å²) < 4.78 is 14.2. The van der Waals surface area contributed by atoms with Gasteiger partial charge in [-0.2, -0.15) is 9.78 Å². The third-order valence-electron chi connectivity index (χ3n) is 3.94. The molecule has 1 aliphatic rings. The summed E-state index contributed by atoms with van der Waals surface area (Å²) in [6, 6.07) is 8.52. The third kappa shape index (κ3) is 3.35. The highest BCUT2D eigenvalue weighted by Gasteiger charge is 2.26. The molecule has 0 saturated carbocycles. The van der Waals surface area contributed by atoms with Gasteiger partial charge in [0, 0.05) is 31.2 Å². The molecule has 1 N–H and O–H groups in total. The quantitative estimate of drug-likeness (QED) is 0.898. The summed E-state index contributed by atoms with van der Waals surface area (Å²) in [7, 11) is 0. The van der Waals surface area contributed by atoms with Crippen LogP contribution in [0, 0.1) is 5.82 Å². The van der Waals surface area contributed by atoms with Gasteiger partial charge in [0.15, 0.2) is 0 Å². The van der Waals surface area contributed by atoms with Gasteiger partial charge in [-0.25, -0.2) is 4.39 Å². The number of hydrogen-bond donors (Lipinski definition) is 1. The Bertz CT molecular complexity index is 793. The molecule has 1 amide bonds. The first-order valence-electron chi connectivity index (χ1n) is 7.85. The molecule has 1 aromatic heterocycles. The maximum atomic E-state index is 13.1. The maximum Gasteiger partial charge on any atom is 0.274 e. The van der Waals surface area contributed by atoms with Crippen LogP contribution in [-0.2, 0) is 0 Å². The summed E-state index contributed by atoms with van der Waals surface area (Å²) in [6.45, 7) is 5.20. The van der Waals surface area contributed by atoms with Crippen molar-refractivity contribution in [3.63, 3.8) is 0 Å². The molecule has 3 rings (SSSR count). The van der Waals surface area contributed by atoms with Crippen molar-refractivity contribution in [2.24, 2.45) is 0 Å². The molecular weight excluding hydrogens is 311 g/mol. The van der Waals surface area contributed by atoms with E-state index in [4.69, 9.17) is 0 Å². The number of carbonyl (C=O) groups excluding carboxylic acids is 1. The molecule has 1 aliphatic heterocycles. The lowest BCUT2D eigenvalue weighted by atomic mass is 10.1. The second-order valence-electron chi connectivity index (χ2n) is 6.12. The van der Waals surface area contributed by atoms with Gasteiger partial charge in [0.25, 0.3) is 11.5 Å². The number of aromatic nitrogens is 2. The normalized spacial score (nSPS) is 20.9. The topological polar surface area (TPSA) is 67.2 Å². The number of nitrogens with one attached hydrogen (secondary N) is 1. The fraction of sp³-hybridized carbons (Fsp3) is 0.353. The summed E-state index contributed by atoms with van der Waals surface area (Å²) in [6.07, 6.45) is 0. The Hall–Kier alpha value is -2.54. The van der Waals surface area contributed by atoms with Crippen molar-refractivity contribution in [3.05, 3.63) is 58.3 Å². The van der Waals surface area contributed by atoms with Crippen molar-refractivity contribution in [2.45, 2.75) is 25.9 Å². The van der Waals surface area contributed by atoms with Crippen molar-refractivity contribution in [1.82, 2.24) is 20.0 Å². The SMILES string of the molecule is C[C@H]1CN(C(=O)c2ccc(=O)n(-c3ccc(F)cc3)n2)C[C@H](C)N1. The van der Waals surface area contributed by atoms with Crippen molar-refractivity contribution >= 4 is 5.91 Å². The van der Waals surface area contributed by atoms with Crippen molar-refractivity contribution in [2.75, 3.05) is 13.1 Å². The molecule has 1 fully saturated rings. The summed E-state index contributed by atoms with van der Waals surface area (Å²) in [5.74, 6) is -0.617. The molecule has 2 aromatic rings. The minimum atomic E-state index is -0.400. The molecule has 1 aromatic carbocycles. The molecule has 7 heteroatoms. The molecule has 24 heavy (non-hydrogen) atoms. The number of amides is 1. The Kier molecular flexibility index (Phi) is 4.44. The number of hydrogen-bond acceptors (Lipinski definition) is 4. The number of nitrogens with zero attached hydrogens (tertiary/aromatic N) is 3. The lowest BCUT2D eigenvalue weighted by Gasteiger charge is -2.35. The Morgan fingerprint density at radius 3 is 2.38 bits per heavy atom. The highest BCUT2D eigenvalue weighted by Crippen LogP contribution is 2.10. The Morgan fingerprint density at radius 1 is 1.12 bits per heavy atom. The van der Waals surface area contributed by atoms with Crippen LogP contribution in [0.4, 0.5) is 4.39 Å². The van der Waals surface area contributed by atoms with E-state index < -0.39 is 5.82 Å². The molecule has 0 unspecified atom stereocenters. The zero-order valence-corrected chi connectivity index (χ0v) is 13.6. The van der Waals surface area contributed by atoms with E-state index in [2.05, 4.69) is 10.4 Å². The van der Waals surface area contributed by atoms with Gasteiger partial charge in [-0.1, -0.05) is 0 Å². The molecular formula is C17H19FN4O2. The van der Waals surface area contributed by atoms with Gasteiger partial charge in [-0.05, 0) is 44.2 Å². The predicted octanol–water partition coefficient (Wildman–Crippen LogP) is 1.19. The van der Waals surface area contributed by atoms with E-state index in [1.807, 2.05) is 13.8 Å². The van der Waals surface area contributed by atoms with E-state index in [1.54, 1.807) is 4.90 Å². The third-order valence-corrected chi connectivity index (χ3v) is 3.94. The highest BCUT2D eigenvalue weighted by molar-refractivity contribution is 5.92. The zero-order chi connectivity index (χ0) is 17.3. The lowest BCUT2D eigenvalue weighted by molar-refractivity contribution is 0.0665. The predicted molar refractivity (Wildman–Crippen MR) is 87.8 cm³/mol. The number of benzene rings is 1. The Labute approximate surface area is 138 Å². The molecule has 0 radical (unpaired) electrons. The molecule has 2 atom stereocenters. The summed E-state index contributed by atoms with van der Waals surface area (Å²) in [5, 5.41) is 7.53. The van der Waals surface area contributed by atoms with Gasteiger partial charge in [0.1, 0.15) is 11.5 Å². The molecule has 0 spiro atoms. The summed E-state index contributed by atoms with van der Waals surface area (Å²) in [4.78, 5) is 26.5. The second kappa shape index (κ2) is 6.52. The van der Waals surface area contributed by atoms with Crippen LogP contribution in [0.25, 0.3) is 5.69 Å². The van der Waals surface area contributed by atoms with Crippen LogP contribution < -0.4 is 10.9 Å². The molecule has 2 heterocycles. The van der Waals surface area contributed by atoms with E-state index >= 15 is 0 Å². The summed E-state index contributed by atoms with van der Waals surface area (Å²) in [5.41, 5.74) is 0.235. The monoisotopic (exact) mass is 330 g/mol. The van der Waals surface area contributed by atoms with E-state index in [1.165, 1.54) is 36.4 Å². The molecule has 126 valence electrons. The minimum absolute atomic E-state index is 0.195. The van der Waals surface area contributed by atoms with Gasteiger partial charge in [0.2, 0.25) is 0 Å². The van der Waals surface area contributed by atoms with Crippen molar-refractivity contribution < 1.29 is 9.18 Å². The minimum Gasteiger partial charge on any atom is -0.334 e. The number of carbonyl (C=O) groups is 1. The molecule has 1 saturated heterocycles. The lowest BCUT2D eigenvalue weighted by Crippen LogP contribution is -2.56. The maximum absolute atomic E-state index is 13.1. The smallest absolute Gasteiger partial charge is 0.274 e. The van der Waals surface area contributed by atoms with Crippen molar-refractivity contribution in [3.8, 4) is 5.69 Å². The van der Waals surface area contributed by atoms with E-state index in [0.29, 0.717) is 18.8 Å². The second-order valence-corrected chi connectivity index (χ2v) is 6.12. The van der Waals surface area contributed by atoms with Crippen LogP contribution in [-0.4, -0.2) is 45.8 Å². The fourth-order valence-corrected chi connectivity index (χ4v) is 2.95. The number of halogens is 1. The first-order chi connectivity index (χ1) is 11.4. The van der Waals surface area contributed by atoms with Crippen LogP contribution >= 0.6 is 0 Å². The van der Waals surface area contributed by atoms with Crippen LogP contribution in [0.3, 0.4) is 0 Å².